The van der Waals surface area contributed by atoms with E-state index in [1.54, 1.807) is 18.2 Å². The van der Waals surface area contributed by atoms with Crippen molar-refractivity contribution >= 4 is 12.0 Å². The van der Waals surface area contributed by atoms with Crippen LogP contribution in [0.5, 0.6) is 0 Å². The highest BCUT2D eigenvalue weighted by atomic mass is 19.1. The zero-order valence-electron chi connectivity index (χ0n) is 23.0. The number of piperidine rings is 1. The molecule has 1 saturated heterocycles. The molecule has 0 bridgehead atoms. The number of aromatic nitrogens is 1. The summed E-state index contributed by atoms with van der Waals surface area (Å²) in [6.07, 6.45) is 4.85. The predicted octanol–water partition coefficient (Wildman–Crippen LogP) is 5.89. The highest BCUT2D eigenvalue weighted by Crippen LogP contribution is 2.43. The van der Waals surface area contributed by atoms with Gasteiger partial charge >= 0.3 is 5.97 Å². The lowest BCUT2D eigenvalue weighted by Crippen LogP contribution is -2.40. The van der Waals surface area contributed by atoms with Crippen LogP contribution in [0.4, 0.5) is 4.39 Å². The minimum Gasteiger partial charge on any atom is -0.469 e. The molecule has 6 nitrogen and oxygen atoms in total. The predicted molar refractivity (Wildman–Crippen MR) is 153 cm³/mol. The summed E-state index contributed by atoms with van der Waals surface area (Å²) in [6.45, 7) is 6.19. The molecule has 1 aromatic heterocycles. The molecule has 2 heterocycles. The van der Waals surface area contributed by atoms with Crippen LogP contribution in [0, 0.1) is 5.82 Å². The van der Waals surface area contributed by atoms with Gasteiger partial charge in [0, 0.05) is 36.2 Å². The first-order valence-corrected chi connectivity index (χ1v) is 13.8. The normalized spacial score (nSPS) is 15.6. The molecule has 4 rings (SSSR count). The maximum absolute atomic E-state index is 14.0. The quantitative estimate of drug-likeness (QED) is 0.317. The summed E-state index contributed by atoms with van der Waals surface area (Å²) < 4.78 is 21.0. The number of hydrogen-bond donors (Lipinski definition) is 2. The Kier molecular flexibility index (Phi) is 9.59. The molecule has 0 saturated carbocycles. The Morgan fingerprint density at radius 3 is 2.28 bits per heavy atom. The molecular weight excluding hydrogens is 495 g/mol. The summed E-state index contributed by atoms with van der Waals surface area (Å²) in [4.78, 5) is 11.5. The van der Waals surface area contributed by atoms with Crippen molar-refractivity contribution in [1.82, 2.24) is 4.68 Å². The van der Waals surface area contributed by atoms with Gasteiger partial charge in [0.2, 0.25) is 0 Å². The van der Waals surface area contributed by atoms with E-state index >= 15 is 0 Å². The fourth-order valence-electron chi connectivity index (χ4n) is 5.39. The Labute approximate surface area is 230 Å². The van der Waals surface area contributed by atoms with E-state index in [1.807, 2.05) is 24.3 Å². The van der Waals surface area contributed by atoms with E-state index in [4.69, 9.17) is 0 Å². The lowest BCUT2D eigenvalue weighted by molar-refractivity contribution is -0.143. The van der Waals surface area contributed by atoms with Gasteiger partial charge in [-0.1, -0.05) is 68.5 Å². The maximum Gasteiger partial charge on any atom is 0.308 e. The molecule has 1 aliphatic rings. The monoisotopic (exact) mass is 534 g/mol. The minimum atomic E-state index is -1.02. The van der Waals surface area contributed by atoms with Gasteiger partial charge in [-0.3, -0.25) is 9.47 Å². The number of benzene rings is 2. The van der Waals surface area contributed by atoms with Gasteiger partial charge in [-0.05, 0) is 42.9 Å². The summed E-state index contributed by atoms with van der Waals surface area (Å²) in [5.41, 5.74) is 5.99. The first-order chi connectivity index (χ1) is 18.8. The van der Waals surface area contributed by atoms with Gasteiger partial charge in [0.1, 0.15) is 5.82 Å². The topological polar surface area (TPSA) is 74.9 Å². The molecule has 2 unspecified atom stereocenters. The number of aliphatic hydroxyl groups is 2. The molecule has 2 atom stereocenters. The molecule has 7 heteroatoms. The van der Waals surface area contributed by atoms with Crippen molar-refractivity contribution in [2.24, 2.45) is 0 Å². The van der Waals surface area contributed by atoms with Crippen LogP contribution in [0.2, 0.25) is 0 Å². The summed E-state index contributed by atoms with van der Waals surface area (Å²) >= 11 is 0. The second-order valence-electron chi connectivity index (χ2n) is 10.5. The van der Waals surface area contributed by atoms with Crippen LogP contribution in [0.1, 0.15) is 63.1 Å². The van der Waals surface area contributed by atoms with E-state index in [0.29, 0.717) is 0 Å². The molecule has 0 radical (unpaired) electrons. The lowest BCUT2D eigenvalue weighted by Gasteiger charge is -2.34. The maximum atomic E-state index is 14.0. The first-order valence-electron chi connectivity index (χ1n) is 13.8. The molecule has 0 aliphatic carbocycles. The zero-order chi connectivity index (χ0) is 27.9. The molecule has 0 spiro atoms. The number of nitrogens with zero attached hydrogens (tertiary/aromatic N) is 2. The molecule has 3 aromatic rings. The third-order valence-corrected chi connectivity index (χ3v) is 7.19. The van der Waals surface area contributed by atoms with Crippen LogP contribution < -0.4 is 5.01 Å². The number of esters is 1. The van der Waals surface area contributed by atoms with Crippen LogP contribution in [0.15, 0.2) is 60.7 Å². The van der Waals surface area contributed by atoms with E-state index in [9.17, 15) is 19.4 Å². The van der Waals surface area contributed by atoms with Gasteiger partial charge in [0.25, 0.3) is 0 Å². The van der Waals surface area contributed by atoms with Gasteiger partial charge in [-0.2, -0.15) is 0 Å². The number of halogens is 1. The molecule has 2 aromatic carbocycles. The lowest BCUT2D eigenvalue weighted by atomic mass is 9.94. The van der Waals surface area contributed by atoms with Crippen molar-refractivity contribution < 1.29 is 24.1 Å². The third-order valence-electron chi connectivity index (χ3n) is 7.19. The van der Waals surface area contributed by atoms with Crippen LogP contribution in [-0.2, 0) is 9.53 Å². The van der Waals surface area contributed by atoms with Gasteiger partial charge in [-0.25, -0.2) is 4.39 Å². The second kappa shape index (κ2) is 13.1. The Morgan fingerprint density at radius 2 is 1.67 bits per heavy atom. The van der Waals surface area contributed by atoms with E-state index in [2.05, 4.69) is 40.4 Å². The van der Waals surface area contributed by atoms with Crippen molar-refractivity contribution in [3.05, 3.63) is 77.7 Å². The number of aliphatic hydroxyl groups excluding tert-OH is 2. The summed E-state index contributed by atoms with van der Waals surface area (Å²) in [5, 5.41) is 23.4. The van der Waals surface area contributed by atoms with Crippen molar-refractivity contribution in [2.45, 2.75) is 64.1 Å². The van der Waals surface area contributed by atoms with E-state index < -0.39 is 18.2 Å². The molecule has 0 amide bonds. The van der Waals surface area contributed by atoms with Gasteiger partial charge in [0.05, 0.1) is 37.1 Å². The summed E-state index contributed by atoms with van der Waals surface area (Å²) in [5.74, 6) is -0.678. The standard InChI is InChI=1S/C32H39FN2O4/c1-22(2)31-28(17-16-26(36)20-27(37)21-29(38)39-3)30(23-12-14-25(33)15-13-23)32(24-10-6-4-7-11-24)35(31)34-18-8-5-9-19-34/h4,6-7,10-17,22,26-27,36-37H,5,8-9,18-21H2,1-3H3/b17-16+. The molecule has 1 fully saturated rings. The highest BCUT2D eigenvalue weighted by Gasteiger charge is 2.29. The minimum absolute atomic E-state index is 0.00681. The second-order valence-corrected chi connectivity index (χ2v) is 10.5. The molecule has 2 N–H and O–H groups in total. The van der Waals surface area contributed by atoms with Crippen molar-refractivity contribution in [2.75, 3.05) is 25.2 Å². The van der Waals surface area contributed by atoms with Gasteiger partial charge < -0.3 is 20.0 Å². The highest BCUT2D eigenvalue weighted by molar-refractivity contribution is 5.90. The average Bonchev–Trinajstić information content (AvgIpc) is 3.28. The largest absolute Gasteiger partial charge is 0.469 e. The SMILES string of the molecule is COC(=O)CC(O)CC(O)/C=C/c1c(-c2ccc(F)cc2)c(-c2ccccc2)n(N2CCCCC2)c1C(C)C. The number of ether oxygens (including phenoxy) is 1. The van der Waals surface area contributed by atoms with Crippen LogP contribution in [0.25, 0.3) is 28.5 Å². The number of methoxy groups -OCH3 is 1. The van der Waals surface area contributed by atoms with Crippen LogP contribution >= 0.6 is 0 Å². The number of carbonyl (C=O) groups excluding carboxylic acids is 1. The number of rotatable bonds is 10. The van der Waals surface area contributed by atoms with Crippen molar-refractivity contribution in [3.8, 4) is 22.4 Å². The van der Waals surface area contributed by atoms with Gasteiger partial charge in [-0.15, -0.1) is 0 Å². The Balaban J connectivity index is 1.90. The number of carbonyl (C=O) groups is 1. The molecule has 208 valence electrons. The smallest absolute Gasteiger partial charge is 0.308 e. The van der Waals surface area contributed by atoms with E-state index in [1.165, 1.54) is 25.7 Å². The number of hydrogen-bond acceptors (Lipinski definition) is 5. The van der Waals surface area contributed by atoms with Crippen molar-refractivity contribution in [3.63, 3.8) is 0 Å². The van der Waals surface area contributed by atoms with Crippen molar-refractivity contribution in [1.29, 1.82) is 0 Å². The summed E-state index contributed by atoms with van der Waals surface area (Å²) in [7, 11) is 1.27. The van der Waals surface area contributed by atoms with E-state index in [0.717, 1.165) is 59.6 Å². The average molecular weight is 535 g/mol. The fourth-order valence-corrected chi connectivity index (χ4v) is 5.39. The van der Waals surface area contributed by atoms with Gasteiger partial charge in [0.15, 0.2) is 0 Å². The molecule has 1 aliphatic heterocycles. The third kappa shape index (κ3) is 6.78. The molecular formula is C32H39FN2O4. The Morgan fingerprint density at radius 1 is 1.00 bits per heavy atom. The molecule has 39 heavy (non-hydrogen) atoms. The Bertz CT molecular complexity index is 1260. The zero-order valence-corrected chi connectivity index (χ0v) is 23.0. The van der Waals surface area contributed by atoms with Crippen LogP contribution in [-0.4, -0.2) is 53.3 Å². The van der Waals surface area contributed by atoms with E-state index in [-0.39, 0.29) is 24.6 Å². The van der Waals surface area contributed by atoms with Crippen LogP contribution in [0.3, 0.4) is 0 Å². The fraction of sp³-hybridized carbons (Fsp3) is 0.406. The Hall–Kier alpha value is -3.42. The summed E-state index contributed by atoms with van der Waals surface area (Å²) in [6, 6.07) is 16.8. The first kappa shape index (κ1) is 28.6.